The fourth-order valence-corrected chi connectivity index (χ4v) is 1.79. The summed E-state index contributed by atoms with van der Waals surface area (Å²) in [6, 6.07) is 2.01. The number of thiocarbonyl (C=S) groups is 1. The van der Waals surface area contributed by atoms with Crippen LogP contribution >= 0.6 is 12.2 Å². The predicted octanol–water partition coefficient (Wildman–Crippen LogP) is 4.10. The van der Waals surface area contributed by atoms with Crippen molar-refractivity contribution in [3.63, 3.8) is 0 Å². The van der Waals surface area contributed by atoms with Crippen molar-refractivity contribution in [2.45, 2.75) is 34.1 Å². The third-order valence-electron chi connectivity index (χ3n) is 2.83. The van der Waals surface area contributed by atoms with Gasteiger partial charge in [0.15, 0.2) is 5.05 Å². The quantitative estimate of drug-likeness (QED) is 0.799. The monoisotopic (exact) mass is 329 g/mol. The van der Waals surface area contributed by atoms with Gasteiger partial charge in [0.2, 0.25) is 5.91 Å². The standard InChI is InChI=1S/C16H21F2NO2S/c1-9(2)8-21-15(22)6-11-5-14(13(18)7-12(11)17)19-16(20)10(3)4/h5,7,9-10H,6,8H2,1-4H3,(H,19,20). The maximum Gasteiger partial charge on any atom is 0.227 e. The Morgan fingerprint density at radius 3 is 2.41 bits per heavy atom. The average Bonchev–Trinajstić information content (AvgIpc) is 2.41. The molecule has 1 aromatic rings. The lowest BCUT2D eigenvalue weighted by Crippen LogP contribution is -2.19. The lowest BCUT2D eigenvalue weighted by atomic mass is 10.1. The van der Waals surface area contributed by atoms with E-state index in [0.29, 0.717) is 12.5 Å². The third kappa shape index (κ3) is 5.67. The van der Waals surface area contributed by atoms with Crippen molar-refractivity contribution in [3.05, 3.63) is 29.3 Å². The van der Waals surface area contributed by atoms with Crippen molar-refractivity contribution < 1.29 is 18.3 Å². The number of carbonyl (C=O) groups excluding carboxylic acids is 1. The molecule has 0 aromatic heterocycles. The molecule has 22 heavy (non-hydrogen) atoms. The number of rotatable bonds is 6. The average molecular weight is 329 g/mol. The summed E-state index contributed by atoms with van der Waals surface area (Å²) < 4.78 is 32.9. The number of carbonyl (C=O) groups is 1. The Hall–Kier alpha value is -1.56. The van der Waals surface area contributed by atoms with Crippen molar-refractivity contribution in [2.75, 3.05) is 11.9 Å². The Balaban J connectivity index is 2.87. The molecule has 1 aromatic carbocycles. The molecule has 0 aliphatic rings. The first kappa shape index (κ1) is 18.5. The molecule has 0 heterocycles. The number of halogens is 2. The lowest BCUT2D eigenvalue weighted by molar-refractivity contribution is -0.118. The van der Waals surface area contributed by atoms with E-state index in [1.54, 1.807) is 13.8 Å². The fourth-order valence-electron chi connectivity index (χ4n) is 1.57. The third-order valence-corrected chi connectivity index (χ3v) is 3.09. The van der Waals surface area contributed by atoms with Gasteiger partial charge in [-0.25, -0.2) is 8.78 Å². The molecule has 0 fully saturated rings. The first-order valence-electron chi connectivity index (χ1n) is 7.15. The number of ether oxygens (including phenoxy) is 1. The van der Waals surface area contributed by atoms with E-state index in [1.165, 1.54) is 6.07 Å². The Labute approximate surface area is 135 Å². The zero-order valence-electron chi connectivity index (χ0n) is 13.2. The molecule has 0 unspecified atom stereocenters. The molecule has 0 bridgehead atoms. The molecule has 122 valence electrons. The van der Waals surface area contributed by atoms with E-state index in [0.717, 1.165) is 6.07 Å². The first-order valence-corrected chi connectivity index (χ1v) is 7.56. The number of hydrogen-bond acceptors (Lipinski definition) is 3. The summed E-state index contributed by atoms with van der Waals surface area (Å²) in [6.07, 6.45) is 0.0543. The van der Waals surface area contributed by atoms with Crippen LogP contribution < -0.4 is 5.32 Å². The van der Waals surface area contributed by atoms with Gasteiger partial charge in [-0.1, -0.05) is 27.7 Å². The molecular formula is C16H21F2NO2S. The summed E-state index contributed by atoms with van der Waals surface area (Å²) in [5, 5.41) is 2.67. The Morgan fingerprint density at radius 2 is 1.86 bits per heavy atom. The van der Waals surface area contributed by atoms with Gasteiger partial charge in [-0.15, -0.1) is 0 Å². The van der Waals surface area contributed by atoms with Gasteiger partial charge >= 0.3 is 0 Å². The molecule has 0 saturated heterocycles. The van der Waals surface area contributed by atoms with E-state index in [-0.39, 0.29) is 34.5 Å². The highest BCUT2D eigenvalue weighted by molar-refractivity contribution is 7.80. The molecule has 0 saturated carbocycles. The van der Waals surface area contributed by atoms with Crippen molar-refractivity contribution >= 4 is 28.9 Å². The minimum Gasteiger partial charge on any atom is -0.486 e. The molecule has 0 aliphatic heterocycles. The van der Waals surface area contributed by atoms with E-state index < -0.39 is 11.6 Å². The molecule has 3 nitrogen and oxygen atoms in total. The zero-order chi connectivity index (χ0) is 16.9. The highest BCUT2D eigenvalue weighted by Gasteiger charge is 2.15. The first-order chi connectivity index (χ1) is 10.2. The fraction of sp³-hybridized carbons (Fsp3) is 0.500. The number of hydrogen-bond donors (Lipinski definition) is 1. The van der Waals surface area contributed by atoms with Crippen LogP contribution in [0, 0.1) is 23.5 Å². The highest BCUT2D eigenvalue weighted by Crippen LogP contribution is 2.21. The Kier molecular flexibility index (Phi) is 6.87. The molecule has 1 rings (SSSR count). The van der Waals surface area contributed by atoms with Gasteiger partial charge in [0.25, 0.3) is 0 Å². The second kappa shape index (κ2) is 8.17. The van der Waals surface area contributed by atoms with E-state index >= 15 is 0 Å². The normalized spacial score (nSPS) is 10.9. The van der Waals surface area contributed by atoms with Crippen LogP contribution in [0.4, 0.5) is 14.5 Å². The summed E-state index contributed by atoms with van der Waals surface area (Å²) >= 11 is 5.05. The minimum absolute atomic E-state index is 0.0539. The van der Waals surface area contributed by atoms with Crippen LogP contribution in [0.15, 0.2) is 12.1 Å². The predicted molar refractivity (Wildman–Crippen MR) is 86.9 cm³/mol. The molecule has 1 amide bonds. The lowest BCUT2D eigenvalue weighted by Gasteiger charge is -2.13. The largest absolute Gasteiger partial charge is 0.486 e. The second-order valence-electron chi connectivity index (χ2n) is 5.82. The van der Waals surface area contributed by atoms with Crippen molar-refractivity contribution in [3.8, 4) is 0 Å². The van der Waals surface area contributed by atoms with Gasteiger partial charge in [-0.3, -0.25) is 4.79 Å². The highest BCUT2D eigenvalue weighted by atomic mass is 32.1. The van der Waals surface area contributed by atoms with Crippen LogP contribution in [-0.4, -0.2) is 17.6 Å². The molecule has 1 N–H and O–H groups in total. The van der Waals surface area contributed by atoms with Crippen molar-refractivity contribution in [2.24, 2.45) is 11.8 Å². The van der Waals surface area contributed by atoms with Gasteiger partial charge in [-0.05, 0) is 29.8 Å². The number of amides is 1. The van der Waals surface area contributed by atoms with E-state index in [9.17, 15) is 13.6 Å². The number of anilines is 1. The van der Waals surface area contributed by atoms with E-state index in [1.807, 2.05) is 13.8 Å². The van der Waals surface area contributed by atoms with Gasteiger partial charge < -0.3 is 10.1 Å². The van der Waals surface area contributed by atoms with Crippen LogP contribution in [0.2, 0.25) is 0 Å². The second-order valence-corrected chi connectivity index (χ2v) is 6.28. The SMILES string of the molecule is CC(C)COC(=S)Cc1cc(NC(=O)C(C)C)c(F)cc1F. The van der Waals surface area contributed by atoms with E-state index in [2.05, 4.69) is 5.32 Å². The number of benzene rings is 1. The molecule has 6 heteroatoms. The summed E-state index contributed by atoms with van der Waals surface area (Å²) in [4.78, 5) is 11.6. The topological polar surface area (TPSA) is 38.3 Å². The molecule has 0 radical (unpaired) electrons. The van der Waals surface area contributed by atoms with E-state index in [4.69, 9.17) is 17.0 Å². The molecule has 0 spiro atoms. The number of nitrogens with one attached hydrogen (secondary N) is 1. The van der Waals surface area contributed by atoms with Gasteiger partial charge in [0.05, 0.1) is 12.3 Å². The zero-order valence-corrected chi connectivity index (χ0v) is 14.0. The van der Waals surface area contributed by atoms with Crippen LogP contribution in [0.5, 0.6) is 0 Å². The van der Waals surface area contributed by atoms with Crippen LogP contribution in [0.25, 0.3) is 0 Å². The summed E-state index contributed by atoms with van der Waals surface area (Å²) in [7, 11) is 0. The van der Waals surface area contributed by atoms with Crippen molar-refractivity contribution in [1.29, 1.82) is 0 Å². The molecule has 0 atom stereocenters. The molecular weight excluding hydrogens is 308 g/mol. The Morgan fingerprint density at radius 1 is 1.23 bits per heavy atom. The smallest absolute Gasteiger partial charge is 0.227 e. The minimum atomic E-state index is -0.815. The van der Waals surface area contributed by atoms with Gasteiger partial charge in [0.1, 0.15) is 11.6 Å². The Bertz CT molecular complexity index is 559. The van der Waals surface area contributed by atoms with Gasteiger partial charge in [-0.2, -0.15) is 0 Å². The van der Waals surface area contributed by atoms with Crippen LogP contribution in [0.1, 0.15) is 33.3 Å². The van der Waals surface area contributed by atoms with Gasteiger partial charge in [0, 0.05) is 18.4 Å². The van der Waals surface area contributed by atoms with Crippen molar-refractivity contribution in [1.82, 2.24) is 0 Å². The molecule has 0 aliphatic carbocycles. The summed E-state index contributed by atoms with van der Waals surface area (Å²) in [5.74, 6) is -1.87. The maximum atomic E-state index is 13.8. The summed E-state index contributed by atoms with van der Waals surface area (Å²) in [6.45, 7) is 7.76. The summed E-state index contributed by atoms with van der Waals surface area (Å²) in [5.41, 5.74) is 0.135. The van der Waals surface area contributed by atoms with Crippen LogP contribution in [-0.2, 0) is 16.0 Å². The van der Waals surface area contributed by atoms with Crippen LogP contribution in [0.3, 0.4) is 0 Å². The maximum absolute atomic E-state index is 13.8.